The van der Waals surface area contributed by atoms with Crippen LogP contribution in [0.4, 0.5) is 19.3 Å². The average Bonchev–Trinajstić information content (AvgIpc) is 2.65. The van der Waals surface area contributed by atoms with Gasteiger partial charge in [0.25, 0.3) is 0 Å². The predicted octanol–water partition coefficient (Wildman–Crippen LogP) is 3.30. The van der Waals surface area contributed by atoms with Crippen LogP contribution in [0.1, 0.15) is 30.5 Å². The van der Waals surface area contributed by atoms with Crippen molar-refractivity contribution in [3.05, 3.63) is 65.2 Å². The van der Waals surface area contributed by atoms with Crippen LogP contribution in [0.15, 0.2) is 42.5 Å². The normalized spacial score (nSPS) is 15.2. The van der Waals surface area contributed by atoms with Crippen LogP contribution < -0.4 is 15.5 Å². The van der Waals surface area contributed by atoms with Gasteiger partial charge in [-0.25, -0.2) is 13.6 Å². The first kappa shape index (κ1) is 18.8. The highest BCUT2D eigenvalue weighted by molar-refractivity contribution is 5.92. The van der Waals surface area contributed by atoms with E-state index in [1.54, 1.807) is 4.90 Å². The fourth-order valence-corrected chi connectivity index (χ4v) is 3.05. The summed E-state index contributed by atoms with van der Waals surface area (Å²) in [6, 6.07) is 9.96. The minimum absolute atomic E-state index is 0.0196. The van der Waals surface area contributed by atoms with E-state index in [2.05, 4.69) is 10.6 Å². The minimum Gasteiger partial charge on any atom is -0.349 e. The number of hydrogen-bond donors (Lipinski definition) is 2. The van der Waals surface area contributed by atoms with Crippen molar-refractivity contribution < 1.29 is 18.4 Å². The average molecular weight is 373 g/mol. The van der Waals surface area contributed by atoms with Crippen molar-refractivity contribution in [2.24, 2.45) is 0 Å². The van der Waals surface area contributed by atoms with Crippen molar-refractivity contribution in [3.8, 4) is 0 Å². The second-order valence-corrected chi connectivity index (χ2v) is 6.53. The van der Waals surface area contributed by atoms with Gasteiger partial charge in [-0.3, -0.25) is 9.69 Å². The molecule has 1 fully saturated rings. The molecule has 2 aromatic rings. The van der Waals surface area contributed by atoms with E-state index in [9.17, 15) is 18.4 Å². The van der Waals surface area contributed by atoms with Crippen molar-refractivity contribution in [3.63, 3.8) is 0 Å². The summed E-state index contributed by atoms with van der Waals surface area (Å²) in [5, 5.41) is 5.58. The van der Waals surface area contributed by atoms with Gasteiger partial charge in [0.15, 0.2) is 0 Å². The quantitative estimate of drug-likeness (QED) is 0.845. The first-order chi connectivity index (χ1) is 12.9. The summed E-state index contributed by atoms with van der Waals surface area (Å²) in [5.74, 6) is -1.58. The highest BCUT2D eigenvalue weighted by atomic mass is 19.1. The van der Waals surface area contributed by atoms with Crippen molar-refractivity contribution in [1.29, 1.82) is 0 Å². The smallest absolute Gasteiger partial charge is 0.321 e. The van der Waals surface area contributed by atoms with Gasteiger partial charge < -0.3 is 10.6 Å². The number of hydrogen-bond acceptors (Lipinski definition) is 2. The third kappa shape index (κ3) is 4.61. The lowest BCUT2D eigenvalue weighted by molar-refractivity contribution is -0.121. The lowest BCUT2D eigenvalue weighted by atomic mass is 10.1. The van der Waals surface area contributed by atoms with Gasteiger partial charge in [-0.05, 0) is 49.2 Å². The molecule has 2 N–H and O–H groups in total. The molecule has 1 unspecified atom stereocenters. The fourth-order valence-electron chi connectivity index (χ4n) is 3.05. The Morgan fingerprint density at radius 1 is 1.22 bits per heavy atom. The number of amides is 3. The second kappa shape index (κ2) is 8.16. The Morgan fingerprint density at radius 3 is 2.67 bits per heavy atom. The summed E-state index contributed by atoms with van der Waals surface area (Å²) in [7, 11) is 0. The fraction of sp³-hybridized carbons (Fsp3) is 0.300. The lowest BCUT2D eigenvalue weighted by Crippen LogP contribution is -2.46. The standard InChI is InChI=1S/C20H21F2N3O2/c1-13(24-19(26)12-15-11-16(21)5-8-18(15)22)14-3-6-17(7-4-14)25-10-2-9-23-20(25)27/h3-8,11,13H,2,9-10,12H2,1H3,(H,23,27)(H,24,26). The number of nitrogens with zero attached hydrogens (tertiary/aromatic N) is 1. The third-order valence-corrected chi connectivity index (χ3v) is 4.52. The molecule has 7 heteroatoms. The van der Waals surface area contributed by atoms with Gasteiger partial charge in [0.2, 0.25) is 5.91 Å². The largest absolute Gasteiger partial charge is 0.349 e. The lowest BCUT2D eigenvalue weighted by Gasteiger charge is -2.27. The van der Waals surface area contributed by atoms with Crippen molar-refractivity contribution in [1.82, 2.24) is 10.6 Å². The van der Waals surface area contributed by atoms with Crippen LogP contribution in [0.2, 0.25) is 0 Å². The molecule has 0 aromatic heterocycles. The molecule has 142 valence electrons. The molecule has 1 aliphatic rings. The molecule has 1 saturated heterocycles. The zero-order valence-corrected chi connectivity index (χ0v) is 15.0. The first-order valence-corrected chi connectivity index (χ1v) is 8.82. The van der Waals surface area contributed by atoms with Crippen LogP contribution in [0.25, 0.3) is 0 Å². The molecule has 0 spiro atoms. The molecule has 0 bridgehead atoms. The van der Waals surface area contributed by atoms with Crippen LogP contribution in [0.3, 0.4) is 0 Å². The van der Waals surface area contributed by atoms with E-state index in [0.717, 1.165) is 35.9 Å². The number of urea groups is 1. The topological polar surface area (TPSA) is 61.4 Å². The van der Waals surface area contributed by atoms with E-state index in [-0.39, 0.29) is 24.1 Å². The highest BCUT2D eigenvalue weighted by Crippen LogP contribution is 2.21. The van der Waals surface area contributed by atoms with Crippen LogP contribution in [-0.4, -0.2) is 25.0 Å². The molecule has 3 rings (SSSR count). The molecule has 0 saturated carbocycles. The summed E-state index contributed by atoms with van der Waals surface area (Å²) in [4.78, 5) is 25.7. The number of nitrogens with one attached hydrogen (secondary N) is 2. The van der Waals surface area contributed by atoms with Gasteiger partial charge in [-0.15, -0.1) is 0 Å². The minimum atomic E-state index is -0.608. The van der Waals surface area contributed by atoms with Gasteiger partial charge in [0.05, 0.1) is 12.5 Å². The Balaban J connectivity index is 1.62. The Kier molecular flexibility index (Phi) is 5.69. The summed E-state index contributed by atoms with van der Waals surface area (Å²) in [5.41, 5.74) is 1.66. The van der Waals surface area contributed by atoms with Crippen LogP contribution in [0.5, 0.6) is 0 Å². The molecule has 27 heavy (non-hydrogen) atoms. The maximum atomic E-state index is 13.7. The van der Waals surface area contributed by atoms with Gasteiger partial charge in [0, 0.05) is 24.3 Å². The van der Waals surface area contributed by atoms with E-state index in [4.69, 9.17) is 0 Å². The van der Waals surface area contributed by atoms with E-state index >= 15 is 0 Å². The van der Waals surface area contributed by atoms with Gasteiger partial charge in [-0.2, -0.15) is 0 Å². The summed E-state index contributed by atoms with van der Waals surface area (Å²) < 4.78 is 26.9. The molecule has 1 atom stereocenters. The number of benzene rings is 2. The van der Waals surface area contributed by atoms with E-state index in [1.165, 1.54) is 0 Å². The first-order valence-electron chi connectivity index (χ1n) is 8.82. The molecule has 0 aliphatic carbocycles. The third-order valence-electron chi connectivity index (χ3n) is 4.52. The number of rotatable bonds is 5. The van der Waals surface area contributed by atoms with Gasteiger partial charge in [-0.1, -0.05) is 12.1 Å². The molecular formula is C20H21F2N3O2. The molecule has 1 aliphatic heterocycles. The van der Waals surface area contributed by atoms with Crippen LogP contribution in [-0.2, 0) is 11.2 Å². The molecule has 5 nitrogen and oxygen atoms in total. The van der Waals surface area contributed by atoms with Crippen LogP contribution >= 0.6 is 0 Å². The van der Waals surface area contributed by atoms with Gasteiger partial charge >= 0.3 is 6.03 Å². The molecule has 2 aromatic carbocycles. The molecular weight excluding hydrogens is 352 g/mol. The monoisotopic (exact) mass is 373 g/mol. The summed E-state index contributed by atoms with van der Waals surface area (Å²) in [6.45, 7) is 3.15. The van der Waals surface area contributed by atoms with E-state index < -0.39 is 17.5 Å². The van der Waals surface area contributed by atoms with Crippen molar-refractivity contribution >= 4 is 17.6 Å². The number of halogens is 2. The maximum Gasteiger partial charge on any atom is 0.321 e. The highest BCUT2D eigenvalue weighted by Gasteiger charge is 2.19. The van der Waals surface area contributed by atoms with Gasteiger partial charge in [0.1, 0.15) is 11.6 Å². The molecule has 1 heterocycles. The Labute approximate surface area is 156 Å². The number of carbonyl (C=O) groups is 2. The Morgan fingerprint density at radius 2 is 1.96 bits per heavy atom. The SMILES string of the molecule is CC(NC(=O)Cc1cc(F)ccc1F)c1ccc(N2CCCNC2=O)cc1. The zero-order valence-electron chi connectivity index (χ0n) is 15.0. The Hall–Kier alpha value is -2.96. The van der Waals surface area contributed by atoms with Crippen molar-refractivity contribution in [2.45, 2.75) is 25.8 Å². The zero-order chi connectivity index (χ0) is 19.4. The van der Waals surface area contributed by atoms with Crippen molar-refractivity contribution in [2.75, 3.05) is 18.0 Å². The molecule has 3 amide bonds. The van der Waals surface area contributed by atoms with Crippen LogP contribution in [0, 0.1) is 11.6 Å². The van der Waals surface area contributed by atoms with E-state index in [0.29, 0.717) is 13.1 Å². The Bertz CT molecular complexity index is 840. The number of anilines is 1. The maximum absolute atomic E-state index is 13.7. The summed E-state index contributed by atoms with van der Waals surface area (Å²) in [6.07, 6.45) is 0.649. The number of carbonyl (C=O) groups excluding carboxylic acids is 2. The predicted molar refractivity (Wildman–Crippen MR) is 98.4 cm³/mol. The molecule has 0 radical (unpaired) electrons. The summed E-state index contributed by atoms with van der Waals surface area (Å²) >= 11 is 0. The van der Waals surface area contributed by atoms with E-state index in [1.807, 2.05) is 31.2 Å². The second-order valence-electron chi connectivity index (χ2n) is 6.53.